The molecule has 1 aromatic carbocycles. The zero-order chi connectivity index (χ0) is 16.8. The summed E-state index contributed by atoms with van der Waals surface area (Å²) in [6.45, 7) is 2.55. The van der Waals surface area contributed by atoms with Gasteiger partial charge >= 0.3 is 0 Å². The van der Waals surface area contributed by atoms with Gasteiger partial charge in [0.15, 0.2) is 0 Å². The maximum atomic E-state index is 12.4. The molecule has 1 atom stereocenters. The summed E-state index contributed by atoms with van der Waals surface area (Å²) in [7, 11) is 1.61. The third-order valence-corrected chi connectivity index (χ3v) is 5.11. The largest absolute Gasteiger partial charge is 0.497 e. The topological polar surface area (TPSA) is 54.7 Å². The summed E-state index contributed by atoms with van der Waals surface area (Å²) in [5.74, 6) is 3.79. The molecule has 2 heterocycles. The van der Waals surface area contributed by atoms with Gasteiger partial charge in [-0.2, -0.15) is 11.8 Å². The molecular formula is C18H22N2O3S. The van der Waals surface area contributed by atoms with Gasteiger partial charge in [0.25, 0.3) is 5.91 Å². The van der Waals surface area contributed by atoms with Gasteiger partial charge < -0.3 is 14.5 Å². The first kappa shape index (κ1) is 16.9. The molecule has 0 aliphatic carbocycles. The Morgan fingerprint density at radius 2 is 2.04 bits per heavy atom. The van der Waals surface area contributed by atoms with E-state index in [1.807, 2.05) is 23.9 Å². The number of carbonyl (C=O) groups excluding carboxylic acids is 1. The van der Waals surface area contributed by atoms with E-state index in [1.165, 1.54) is 0 Å². The average Bonchev–Trinajstić information content (AvgIpc) is 3.17. The summed E-state index contributed by atoms with van der Waals surface area (Å²) in [4.78, 5) is 14.8. The first-order valence-electron chi connectivity index (χ1n) is 8.05. The van der Waals surface area contributed by atoms with E-state index >= 15 is 0 Å². The molecular weight excluding hydrogens is 324 g/mol. The van der Waals surface area contributed by atoms with Crippen molar-refractivity contribution in [1.82, 2.24) is 10.2 Å². The Labute approximate surface area is 146 Å². The lowest BCUT2D eigenvalue weighted by molar-refractivity contribution is 0.0929. The molecule has 0 spiro atoms. The minimum atomic E-state index is -0.0828. The van der Waals surface area contributed by atoms with Crippen LogP contribution >= 0.6 is 11.8 Å². The maximum Gasteiger partial charge on any atom is 0.251 e. The number of methoxy groups -OCH3 is 1. The fourth-order valence-corrected chi connectivity index (χ4v) is 3.74. The number of benzene rings is 1. The van der Waals surface area contributed by atoms with Crippen molar-refractivity contribution >= 4 is 17.7 Å². The van der Waals surface area contributed by atoms with Crippen molar-refractivity contribution in [1.29, 1.82) is 0 Å². The predicted octanol–water partition coefficient (Wildman–Crippen LogP) is 2.81. The molecule has 6 heteroatoms. The van der Waals surface area contributed by atoms with Crippen molar-refractivity contribution in [3.63, 3.8) is 0 Å². The van der Waals surface area contributed by atoms with Crippen molar-refractivity contribution in [3.8, 4) is 5.75 Å². The van der Waals surface area contributed by atoms with E-state index in [4.69, 9.17) is 9.15 Å². The molecule has 1 aromatic heterocycles. The van der Waals surface area contributed by atoms with Crippen LogP contribution in [0.15, 0.2) is 47.1 Å². The molecule has 0 unspecified atom stereocenters. The second-order valence-electron chi connectivity index (χ2n) is 5.62. The molecule has 1 aliphatic heterocycles. The van der Waals surface area contributed by atoms with Crippen molar-refractivity contribution < 1.29 is 13.9 Å². The van der Waals surface area contributed by atoms with Gasteiger partial charge in [-0.25, -0.2) is 0 Å². The summed E-state index contributed by atoms with van der Waals surface area (Å²) in [5, 5.41) is 3.03. The molecule has 0 radical (unpaired) electrons. The predicted molar refractivity (Wildman–Crippen MR) is 95.7 cm³/mol. The Kier molecular flexibility index (Phi) is 5.82. The number of hydrogen-bond donors (Lipinski definition) is 1. The van der Waals surface area contributed by atoms with Crippen LogP contribution < -0.4 is 10.1 Å². The SMILES string of the molecule is COc1ccc(C(=O)NC[C@@H](c2ccco2)N2CCSCC2)cc1. The number of rotatable bonds is 6. The standard InChI is InChI=1S/C18H22N2O3S/c1-22-15-6-4-14(5-7-15)18(21)19-13-16(17-3-2-10-23-17)20-8-11-24-12-9-20/h2-7,10,16H,8-9,11-13H2,1H3,(H,19,21)/t16-/m0/s1. The number of nitrogens with one attached hydrogen (secondary N) is 1. The molecule has 0 saturated carbocycles. The minimum absolute atomic E-state index is 0.0723. The monoisotopic (exact) mass is 346 g/mol. The third kappa shape index (κ3) is 4.13. The first-order chi connectivity index (χ1) is 11.8. The van der Waals surface area contributed by atoms with E-state index in [0.29, 0.717) is 12.1 Å². The summed E-state index contributed by atoms with van der Waals surface area (Å²) < 4.78 is 10.7. The Morgan fingerprint density at radius 3 is 2.67 bits per heavy atom. The molecule has 3 rings (SSSR count). The molecule has 2 aromatic rings. The fourth-order valence-electron chi connectivity index (χ4n) is 2.81. The van der Waals surface area contributed by atoms with Gasteiger partial charge in [-0.15, -0.1) is 0 Å². The quantitative estimate of drug-likeness (QED) is 0.872. The fraction of sp³-hybridized carbons (Fsp3) is 0.389. The Hall–Kier alpha value is -1.92. The van der Waals surface area contributed by atoms with E-state index in [2.05, 4.69) is 10.2 Å². The number of carbonyl (C=O) groups is 1. The van der Waals surface area contributed by atoms with E-state index in [-0.39, 0.29) is 11.9 Å². The Balaban J connectivity index is 1.65. The zero-order valence-corrected chi connectivity index (χ0v) is 14.6. The molecule has 1 aliphatic rings. The van der Waals surface area contributed by atoms with Crippen LogP contribution in [0.1, 0.15) is 22.2 Å². The molecule has 1 fully saturated rings. The van der Waals surface area contributed by atoms with Crippen molar-refractivity contribution in [3.05, 3.63) is 54.0 Å². The second kappa shape index (κ2) is 8.26. The highest BCUT2D eigenvalue weighted by Gasteiger charge is 2.25. The highest BCUT2D eigenvalue weighted by Crippen LogP contribution is 2.24. The number of furan rings is 1. The molecule has 1 saturated heterocycles. The Bertz CT molecular complexity index is 637. The lowest BCUT2D eigenvalue weighted by atomic mass is 10.1. The lowest BCUT2D eigenvalue weighted by Crippen LogP contribution is -2.41. The van der Waals surface area contributed by atoms with Gasteiger partial charge in [0.05, 0.1) is 19.4 Å². The summed E-state index contributed by atoms with van der Waals surface area (Å²) in [6.07, 6.45) is 1.69. The van der Waals surface area contributed by atoms with Gasteiger partial charge in [0.1, 0.15) is 11.5 Å². The van der Waals surface area contributed by atoms with Crippen molar-refractivity contribution in [2.75, 3.05) is 38.2 Å². The Morgan fingerprint density at radius 1 is 1.29 bits per heavy atom. The lowest BCUT2D eigenvalue weighted by Gasteiger charge is -2.33. The van der Waals surface area contributed by atoms with E-state index < -0.39 is 0 Å². The van der Waals surface area contributed by atoms with Crippen LogP contribution in [0.4, 0.5) is 0 Å². The van der Waals surface area contributed by atoms with Crippen molar-refractivity contribution in [2.24, 2.45) is 0 Å². The summed E-state index contributed by atoms with van der Waals surface area (Å²) >= 11 is 1.97. The van der Waals surface area contributed by atoms with Gasteiger partial charge in [-0.05, 0) is 36.4 Å². The van der Waals surface area contributed by atoms with Crippen LogP contribution in [0.3, 0.4) is 0 Å². The number of nitrogens with zero attached hydrogens (tertiary/aromatic N) is 1. The number of amides is 1. The highest BCUT2D eigenvalue weighted by atomic mass is 32.2. The summed E-state index contributed by atoms with van der Waals surface area (Å²) in [6, 6.07) is 11.1. The van der Waals surface area contributed by atoms with Crippen LogP contribution in [-0.2, 0) is 0 Å². The van der Waals surface area contributed by atoms with Crippen LogP contribution in [-0.4, -0.2) is 49.1 Å². The highest BCUT2D eigenvalue weighted by molar-refractivity contribution is 7.99. The van der Waals surface area contributed by atoms with Gasteiger partial charge in [-0.3, -0.25) is 9.69 Å². The zero-order valence-electron chi connectivity index (χ0n) is 13.7. The number of ether oxygens (including phenoxy) is 1. The van der Waals surface area contributed by atoms with E-state index in [1.54, 1.807) is 37.6 Å². The molecule has 0 bridgehead atoms. The molecule has 5 nitrogen and oxygen atoms in total. The third-order valence-electron chi connectivity index (χ3n) is 4.17. The van der Waals surface area contributed by atoms with Crippen LogP contribution in [0.25, 0.3) is 0 Å². The molecule has 1 N–H and O–H groups in total. The normalized spacial score (nSPS) is 16.5. The van der Waals surface area contributed by atoms with Gasteiger partial charge in [0, 0.05) is 36.7 Å². The van der Waals surface area contributed by atoms with E-state index in [9.17, 15) is 4.79 Å². The number of thioether (sulfide) groups is 1. The van der Waals surface area contributed by atoms with Crippen LogP contribution in [0.5, 0.6) is 5.75 Å². The first-order valence-corrected chi connectivity index (χ1v) is 9.21. The number of hydrogen-bond acceptors (Lipinski definition) is 5. The molecule has 128 valence electrons. The molecule has 1 amide bonds. The van der Waals surface area contributed by atoms with Crippen molar-refractivity contribution in [2.45, 2.75) is 6.04 Å². The van der Waals surface area contributed by atoms with E-state index in [0.717, 1.165) is 36.1 Å². The summed E-state index contributed by atoms with van der Waals surface area (Å²) in [5.41, 5.74) is 0.628. The van der Waals surface area contributed by atoms with Gasteiger partial charge in [-0.1, -0.05) is 0 Å². The smallest absolute Gasteiger partial charge is 0.251 e. The second-order valence-corrected chi connectivity index (χ2v) is 6.84. The van der Waals surface area contributed by atoms with Gasteiger partial charge in [0.2, 0.25) is 0 Å². The molecule has 24 heavy (non-hydrogen) atoms. The average molecular weight is 346 g/mol. The van der Waals surface area contributed by atoms with Crippen LogP contribution in [0.2, 0.25) is 0 Å². The minimum Gasteiger partial charge on any atom is -0.497 e. The van der Waals surface area contributed by atoms with Crippen LogP contribution in [0, 0.1) is 0 Å². The maximum absolute atomic E-state index is 12.4.